The van der Waals surface area contributed by atoms with Crippen LogP contribution in [0, 0.1) is 0 Å². The van der Waals surface area contributed by atoms with Gasteiger partial charge in [-0.15, -0.1) is 21.5 Å². The Morgan fingerprint density at radius 2 is 2.00 bits per heavy atom. The molecule has 4 aromatic rings. The number of likely N-dealkylation sites (tertiary alicyclic amines) is 1. The molecule has 8 nitrogen and oxygen atoms in total. The van der Waals surface area contributed by atoms with Crippen molar-refractivity contribution >= 4 is 50.6 Å². The van der Waals surface area contributed by atoms with Gasteiger partial charge in [0, 0.05) is 18.0 Å². The second-order valence-electron chi connectivity index (χ2n) is 7.38. The van der Waals surface area contributed by atoms with Crippen LogP contribution >= 0.6 is 23.1 Å². The van der Waals surface area contributed by atoms with E-state index in [0.29, 0.717) is 11.5 Å². The van der Waals surface area contributed by atoms with Gasteiger partial charge in [-0.1, -0.05) is 11.8 Å². The Morgan fingerprint density at radius 1 is 1.14 bits per heavy atom. The third-order valence-electron chi connectivity index (χ3n) is 5.72. The van der Waals surface area contributed by atoms with Crippen LogP contribution in [0.1, 0.15) is 36.1 Å². The van der Waals surface area contributed by atoms with Crippen LogP contribution < -0.4 is 0 Å². The summed E-state index contributed by atoms with van der Waals surface area (Å²) in [5, 5.41) is 15.1. The summed E-state index contributed by atoms with van der Waals surface area (Å²) in [7, 11) is 0. The van der Waals surface area contributed by atoms with Gasteiger partial charge in [-0.2, -0.15) is 9.61 Å². The first-order valence-corrected chi connectivity index (χ1v) is 11.5. The molecular weight excluding hydrogens is 394 g/mol. The van der Waals surface area contributed by atoms with Gasteiger partial charge in [0.1, 0.15) is 11.2 Å². The van der Waals surface area contributed by atoms with Crippen molar-refractivity contribution in [2.75, 3.05) is 18.8 Å². The van der Waals surface area contributed by atoms with Crippen LogP contribution in [0.4, 0.5) is 0 Å². The first-order chi connectivity index (χ1) is 13.8. The topological polar surface area (TPSA) is 80.7 Å². The standard InChI is InChI=1S/C18H19N7OS2/c26-13(23-7-3-4-8-23)9-27-18-22-21-17-24(18)16-14(15-19-10-20-25(15)17)11-5-1-2-6-12(11)28-16/h10H,1-9H2. The predicted octanol–water partition coefficient (Wildman–Crippen LogP) is 2.58. The van der Waals surface area contributed by atoms with Crippen molar-refractivity contribution in [2.24, 2.45) is 0 Å². The number of nitrogens with zero attached hydrogens (tertiary/aromatic N) is 7. The fourth-order valence-electron chi connectivity index (χ4n) is 4.35. The molecule has 4 aromatic heterocycles. The van der Waals surface area contributed by atoms with Gasteiger partial charge < -0.3 is 4.90 Å². The summed E-state index contributed by atoms with van der Waals surface area (Å²) in [5.41, 5.74) is 2.27. The molecule has 5 heterocycles. The molecule has 0 bridgehead atoms. The molecule has 144 valence electrons. The molecule has 0 atom stereocenters. The average Bonchev–Trinajstić information content (AvgIpc) is 3.50. The number of thioether (sulfide) groups is 1. The van der Waals surface area contributed by atoms with E-state index in [1.54, 1.807) is 10.8 Å². The van der Waals surface area contributed by atoms with Crippen molar-refractivity contribution in [2.45, 2.75) is 43.7 Å². The van der Waals surface area contributed by atoms with Crippen molar-refractivity contribution in [1.29, 1.82) is 0 Å². The van der Waals surface area contributed by atoms with Crippen molar-refractivity contribution in [3.8, 4) is 0 Å². The number of rotatable bonds is 3. The van der Waals surface area contributed by atoms with E-state index in [9.17, 15) is 4.79 Å². The maximum absolute atomic E-state index is 12.5. The van der Waals surface area contributed by atoms with Crippen molar-refractivity contribution in [1.82, 2.24) is 34.1 Å². The largest absolute Gasteiger partial charge is 0.342 e. The van der Waals surface area contributed by atoms with Gasteiger partial charge in [0.25, 0.3) is 5.78 Å². The van der Waals surface area contributed by atoms with E-state index in [4.69, 9.17) is 0 Å². The Labute approximate surface area is 168 Å². The van der Waals surface area contributed by atoms with Crippen LogP contribution in [0.15, 0.2) is 11.5 Å². The minimum absolute atomic E-state index is 0.183. The molecule has 0 unspecified atom stereocenters. The maximum Gasteiger partial charge on any atom is 0.260 e. The van der Waals surface area contributed by atoms with Gasteiger partial charge in [-0.25, -0.2) is 9.38 Å². The first kappa shape index (κ1) is 16.7. The van der Waals surface area contributed by atoms with E-state index in [-0.39, 0.29) is 5.91 Å². The molecule has 2 aliphatic rings. The Kier molecular flexibility index (Phi) is 3.83. The van der Waals surface area contributed by atoms with Gasteiger partial charge >= 0.3 is 0 Å². The number of aromatic nitrogens is 6. The van der Waals surface area contributed by atoms with Gasteiger partial charge in [0.15, 0.2) is 10.8 Å². The second-order valence-corrected chi connectivity index (χ2v) is 9.41. The van der Waals surface area contributed by atoms with Crippen LogP contribution in [-0.2, 0) is 17.6 Å². The fourth-order valence-corrected chi connectivity index (χ4v) is 6.63. The van der Waals surface area contributed by atoms with E-state index in [0.717, 1.165) is 54.4 Å². The molecule has 6 rings (SSSR count). The van der Waals surface area contributed by atoms with E-state index in [1.165, 1.54) is 40.4 Å². The summed E-state index contributed by atoms with van der Waals surface area (Å²) in [6.45, 7) is 1.75. The minimum Gasteiger partial charge on any atom is -0.342 e. The molecule has 28 heavy (non-hydrogen) atoms. The summed E-state index contributed by atoms with van der Waals surface area (Å²) in [4.78, 5) is 21.5. The van der Waals surface area contributed by atoms with Crippen molar-refractivity contribution in [3.05, 3.63) is 16.8 Å². The lowest BCUT2D eigenvalue weighted by molar-refractivity contribution is -0.127. The molecule has 1 aliphatic carbocycles. The van der Waals surface area contributed by atoms with E-state index in [1.807, 2.05) is 16.2 Å². The van der Waals surface area contributed by atoms with E-state index in [2.05, 4.69) is 24.7 Å². The zero-order chi connectivity index (χ0) is 18.7. The summed E-state index contributed by atoms with van der Waals surface area (Å²) in [5.74, 6) is 1.24. The predicted molar refractivity (Wildman–Crippen MR) is 108 cm³/mol. The molecule has 0 saturated carbocycles. The van der Waals surface area contributed by atoms with Crippen LogP contribution in [-0.4, -0.2) is 58.8 Å². The van der Waals surface area contributed by atoms with Crippen LogP contribution in [0.3, 0.4) is 0 Å². The zero-order valence-corrected chi connectivity index (χ0v) is 16.9. The first-order valence-electron chi connectivity index (χ1n) is 9.73. The molecule has 0 spiro atoms. The second kappa shape index (κ2) is 6.41. The Bertz CT molecular complexity index is 1220. The lowest BCUT2D eigenvalue weighted by Crippen LogP contribution is -2.29. The van der Waals surface area contributed by atoms with Crippen LogP contribution in [0.25, 0.3) is 21.6 Å². The molecule has 0 radical (unpaired) electrons. The molecule has 1 fully saturated rings. The molecule has 0 aromatic carbocycles. The number of aryl methyl sites for hydroxylation is 2. The molecule has 1 saturated heterocycles. The minimum atomic E-state index is 0.183. The number of thiophene rings is 1. The third kappa shape index (κ3) is 2.40. The quantitative estimate of drug-likeness (QED) is 0.480. The smallest absolute Gasteiger partial charge is 0.260 e. The normalized spacial score (nSPS) is 17.2. The summed E-state index contributed by atoms with van der Waals surface area (Å²) in [6, 6.07) is 0. The highest BCUT2D eigenvalue weighted by Gasteiger charge is 2.25. The Hall–Kier alpha value is -2.20. The fraction of sp³-hybridized carbons (Fsp3) is 0.500. The van der Waals surface area contributed by atoms with Crippen LogP contribution in [0.5, 0.6) is 0 Å². The molecular formula is C18H19N7OS2. The number of hydrogen-bond acceptors (Lipinski definition) is 7. The highest BCUT2D eigenvalue weighted by molar-refractivity contribution is 7.99. The van der Waals surface area contributed by atoms with Gasteiger partial charge in [-0.3, -0.25) is 4.79 Å². The maximum atomic E-state index is 12.5. The van der Waals surface area contributed by atoms with Crippen molar-refractivity contribution in [3.63, 3.8) is 0 Å². The molecule has 1 amide bonds. The van der Waals surface area contributed by atoms with Gasteiger partial charge in [-0.05, 0) is 44.1 Å². The number of fused-ring (bicyclic) bond motifs is 8. The Morgan fingerprint density at radius 3 is 2.89 bits per heavy atom. The Balaban J connectivity index is 1.49. The highest BCUT2D eigenvalue weighted by atomic mass is 32.2. The highest BCUT2D eigenvalue weighted by Crippen LogP contribution is 2.39. The molecule has 10 heteroatoms. The lowest BCUT2D eigenvalue weighted by Gasteiger charge is -2.14. The summed E-state index contributed by atoms with van der Waals surface area (Å²) >= 11 is 3.29. The lowest BCUT2D eigenvalue weighted by atomic mass is 9.97. The van der Waals surface area contributed by atoms with Gasteiger partial charge in [0.05, 0.1) is 11.1 Å². The summed E-state index contributed by atoms with van der Waals surface area (Å²) < 4.78 is 3.85. The molecule has 1 aliphatic heterocycles. The summed E-state index contributed by atoms with van der Waals surface area (Å²) in [6.07, 6.45) is 8.45. The number of hydrogen-bond donors (Lipinski definition) is 0. The monoisotopic (exact) mass is 413 g/mol. The van der Waals surface area contributed by atoms with Crippen LogP contribution in [0.2, 0.25) is 0 Å². The van der Waals surface area contributed by atoms with Crippen molar-refractivity contribution < 1.29 is 4.79 Å². The zero-order valence-electron chi connectivity index (χ0n) is 15.3. The number of carbonyl (C=O) groups excluding carboxylic acids is 1. The van der Waals surface area contributed by atoms with E-state index >= 15 is 0 Å². The molecule has 0 N–H and O–H groups in total. The number of carbonyl (C=O) groups is 1. The third-order valence-corrected chi connectivity index (χ3v) is 7.91. The number of amides is 1. The average molecular weight is 414 g/mol. The SMILES string of the molecule is O=C(CSc1nnc2n3ncnc3c3c4c(sc3n12)CCCC4)N1CCCC1. The van der Waals surface area contributed by atoms with Gasteiger partial charge in [0.2, 0.25) is 5.91 Å². The van der Waals surface area contributed by atoms with E-state index < -0.39 is 0 Å².